The number of hydrogen-bond donors (Lipinski definition) is 0. The molecule has 0 aromatic heterocycles. The average Bonchev–Trinajstić information content (AvgIpc) is 2.41. The SMILES string of the molecule is COc1ccc(Cl)cc1C(Br)c1cccc(Cl)c1C. The van der Waals surface area contributed by atoms with E-state index >= 15 is 0 Å². The normalized spacial score (nSPS) is 12.3. The second-order valence-corrected chi connectivity index (χ2v) is 5.96. The number of hydrogen-bond acceptors (Lipinski definition) is 1. The standard InChI is InChI=1S/C15H13BrCl2O/c1-9-11(4-3-5-13(9)18)15(16)12-8-10(17)6-7-14(12)19-2/h3-8,15H,1-2H3. The Morgan fingerprint density at radius 3 is 2.53 bits per heavy atom. The maximum Gasteiger partial charge on any atom is 0.123 e. The Bertz CT molecular complexity index is 599. The molecular weight excluding hydrogens is 347 g/mol. The number of ether oxygens (including phenoxy) is 1. The van der Waals surface area contributed by atoms with E-state index in [0.29, 0.717) is 5.02 Å². The van der Waals surface area contributed by atoms with Gasteiger partial charge in [0.15, 0.2) is 0 Å². The molecule has 1 unspecified atom stereocenters. The van der Waals surface area contributed by atoms with Gasteiger partial charge in [-0.1, -0.05) is 51.3 Å². The smallest absolute Gasteiger partial charge is 0.123 e. The van der Waals surface area contributed by atoms with Crippen molar-refractivity contribution in [3.63, 3.8) is 0 Å². The van der Waals surface area contributed by atoms with E-state index in [1.54, 1.807) is 7.11 Å². The fourth-order valence-corrected chi connectivity index (χ4v) is 3.19. The Labute approximate surface area is 131 Å². The minimum absolute atomic E-state index is 0.0140. The van der Waals surface area contributed by atoms with Gasteiger partial charge in [-0.3, -0.25) is 0 Å². The molecule has 19 heavy (non-hydrogen) atoms. The minimum Gasteiger partial charge on any atom is -0.496 e. The van der Waals surface area contributed by atoms with E-state index in [2.05, 4.69) is 15.9 Å². The zero-order valence-electron chi connectivity index (χ0n) is 10.6. The summed E-state index contributed by atoms with van der Waals surface area (Å²) in [6.45, 7) is 2.00. The third-order valence-electron chi connectivity index (χ3n) is 3.05. The zero-order valence-corrected chi connectivity index (χ0v) is 13.7. The van der Waals surface area contributed by atoms with Crippen LogP contribution in [0.3, 0.4) is 0 Å². The van der Waals surface area contributed by atoms with Crippen LogP contribution in [0.2, 0.25) is 10.0 Å². The summed E-state index contributed by atoms with van der Waals surface area (Å²) in [6, 6.07) is 11.5. The summed E-state index contributed by atoms with van der Waals surface area (Å²) in [5, 5.41) is 1.43. The summed E-state index contributed by atoms with van der Waals surface area (Å²) >= 11 is 16.0. The number of rotatable bonds is 3. The third kappa shape index (κ3) is 3.07. The van der Waals surface area contributed by atoms with E-state index in [1.807, 2.05) is 43.3 Å². The quantitative estimate of drug-likeness (QED) is 0.629. The molecule has 1 atom stereocenters. The van der Waals surface area contributed by atoms with Gasteiger partial charge in [-0.25, -0.2) is 0 Å². The summed E-state index contributed by atoms with van der Waals surface area (Å²) in [5.41, 5.74) is 3.14. The van der Waals surface area contributed by atoms with Crippen LogP contribution in [0.4, 0.5) is 0 Å². The summed E-state index contributed by atoms with van der Waals surface area (Å²) in [5.74, 6) is 0.797. The topological polar surface area (TPSA) is 9.23 Å². The minimum atomic E-state index is -0.0140. The Morgan fingerprint density at radius 1 is 1.11 bits per heavy atom. The lowest BCUT2D eigenvalue weighted by Gasteiger charge is -2.17. The van der Waals surface area contributed by atoms with Crippen LogP contribution in [-0.4, -0.2) is 7.11 Å². The summed E-state index contributed by atoms with van der Waals surface area (Å²) < 4.78 is 5.39. The maximum absolute atomic E-state index is 6.17. The van der Waals surface area contributed by atoms with Crippen LogP contribution in [0.1, 0.15) is 21.5 Å². The van der Waals surface area contributed by atoms with E-state index in [0.717, 1.165) is 27.5 Å². The average molecular weight is 360 g/mol. The summed E-state index contributed by atoms with van der Waals surface area (Å²) in [4.78, 5) is -0.0140. The van der Waals surface area contributed by atoms with Crippen molar-refractivity contribution in [3.8, 4) is 5.75 Å². The second-order valence-electron chi connectivity index (χ2n) is 4.20. The van der Waals surface area contributed by atoms with E-state index in [-0.39, 0.29) is 4.83 Å². The third-order valence-corrected chi connectivity index (χ3v) is 4.68. The molecule has 0 N–H and O–H groups in total. The van der Waals surface area contributed by atoms with E-state index in [4.69, 9.17) is 27.9 Å². The molecule has 2 aromatic carbocycles. The van der Waals surface area contributed by atoms with Crippen LogP contribution in [0.15, 0.2) is 36.4 Å². The van der Waals surface area contributed by atoms with E-state index < -0.39 is 0 Å². The molecule has 0 aliphatic heterocycles. The van der Waals surface area contributed by atoms with Crippen molar-refractivity contribution in [3.05, 3.63) is 63.1 Å². The number of alkyl halides is 1. The predicted octanol–water partition coefficient (Wildman–Crippen LogP) is 5.79. The van der Waals surface area contributed by atoms with Crippen molar-refractivity contribution in [1.29, 1.82) is 0 Å². The molecule has 2 aromatic rings. The molecule has 0 saturated heterocycles. The molecule has 0 saturated carbocycles. The van der Waals surface area contributed by atoms with Crippen molar-refractivity contribution in [2.24, 2.45) is 0 Å². The highest BCUT2D eigenvalue weighted by atomic mass is 79.9. The fraction of sp³-hybridized carbons (Fsp3) is 0.200. The predicted molar refractivity (Wildman–Crippen MR) is 85.0 cm³/mol. The molecule has 100 valence electrons. The lowest BCUT2D eigenvalue weighted by Crippen LogP contribution is -1.99. The van der Waals surface area contributed by atoms with Crippen LogP contribution in [0.5, 0.6) is 5.75 Å². The summed E-state index contributed by atoms with van der Waals surface area (Å²) in [6.07, 6.45) is 0. The molecule has 0 heterocycles. The van der Waals surface area contributed by atoms with Gasteiger partial charge in [-0.2, -0.15) is 0 Å². The first-order chi connectivity index (χ1) is 9.04. The molecule has 0 bridgehead atoms. The second kappa shape index (κ2) is 6.17. The first-order valence-electron chi connectivity index (χ1n) is 5.77. The van der Waals surface area contributed by atoms with Crippen LogP contribution < -0.4 is 4.74 Å². The number of halogens is 3. The van der Waals surface area contributed by atoms with Gasteiger partial charge in [0.25, 0.3) is 0 Å². The molecule has 0 spiro atoms. The van der Waals surface area contributed by atoms with Gasteiger partial charge in [-0.05, 0) is 42.3 Å². The highest BCUT2D eigenvalue weighted by Crippen LogP contribution is 2.40. The first kappa shape index (κ1) is 14.7. The maximum atomic E-state index is 6.17. The number of methoxy groups -OCH3 is 1. The van der Waals surface area contributed by atoms with Crippen molar-refractivity contribution >= 4 is 39.1 Å². The highest BCUT2D eigenvalue weighted by Gasteiger charge is 2.18. The van der Waals surface area contributed by atoms with Gasteiger partial charge in [0.05, 0.1) is 11.9 Å². The van der Waals surface area contributed by atoms with E-state index in [1.165, 1.54) is 0 Å². The zero-order chi connectivity index (χ0) is 14.0. The fourth-order valence-electron chi connectivity index (χ4n) is 1.97. The van der Waals surface area contributed by atoms with Crippen LogP contribution in [0, 0.1) is 6.92 Å². The van der Waals surface area contributed by atoms with Gasteiger partial charge < -0.3 is 4.74 Å². The Hall–Kier alpha value is -0.700. The molecule has 0 aliphatic carbocycles. The Balaban J connectivity index is 2.52. The lowest BCUT2D eigenvalue weighted by molar-refractivity contribution is 0.410. The van der Waals surface area contributed by atoms with E-state index in [9.17, 15) is 0 Å². The van der Waals surface area contributed by atoms with Crippen LogP contribution in [-0.2, 0) is 0 Å². The molecule has 1 nitrogen and oxygen atoms in total. The molecule has 0 radical (unpaired) electrons. The molecule has 0 aliphatic rings. The van der Waals surface area contributed by atoms with Gasteiger partial charge in [0.2, 0.25) is 0 Å². The highest BCUT2D eigenvalue weighted by molar-refractivity contribution is 9.09. The molecule has 2 rings (SSSR count). The van der Waals surface area contributed by atoms with Crippen molar-refractivity contribution in [2.75, 3.05) is 7.11 Å². The van der Waals surface area contributed by atoms with Gasteiger partial charge in [0, 0.05) is 15.6 Å². The largest absolute Gasteiger partial charge is 0.496 e. The van der Waals surface area contributed by atoms with Gasteiger partial charge in [-0.15, -0.1) is 0 Å². The van der Waals surface area contributed by atoms with Crippen LogP contribution in [0.25, 0.3) is 0 Å². The molecule has 0 amide bonds. The van der Waals surface area contributed by atoms with Crippen LogP contribution >= 0.6 is 39.1 Å². The van der Waals surface area contributed by atoms with Crippen molar-refractivity contribution in [1.82, 2.24) is 0 Å². The molecule has 4 heteroatoms. The Kier molecular flexibility index (Phi) is 4.77. The molecule has 0 fully saturated rings. The van der Waals surface area contributed by atoms with Crippen molar-refractivity contribution < 1.29 is 4.74 Å². The monoisotopic (exact) mass is 358 g/mol. The molecular formula is C15H13BrCl2O. The first-order valence-corrected chi connectivity index (χ1v) is 7.44. The van der Waals surface area contributed by atoms with Gasteiger partial charge >= 0.3 is 0 Å². The van der Waals surface area contributed by atoms with Crippen molar-refractivity contribution in [2.45, 2.75) is 11.8 Å². The number of benzene rings is 2. The summed E-state index contributed by atoms with van der Waals surface area (Å²) in [7, 11) is 1.65. The Morgan fingerprint density at radius 2 is 1.84 bits per heavy atom. The lowest BCUT2D eigenvalue weighted by atomic mass is 10.00. The van der Waals surface area contributed by atoms with Gasteiger partial charge in [0.1, 0.15) is 5.75 Å².